The summed E-state index contributed by atoms with van der Waals surface area (Å²) in [4.78, 5) is 17.0. The van der Waals surface area contributed by atoms with E-state index in [4.69, 9.17) is 23.2 Å². The van der Waals surface area contributed by atoms with Crippen molar-refractivity contribution in [2.24, 2.45) is 0 Å². The van der Waals surface area contributed by atoms with E-state index in [9.17, 15) is 13.2 Å². The molecule has 0 aliphatic carbocycles. The van der Waals surface area contributed by atoms with E-state index >= 15 is 0 Å². The van der Waals surface area contributed by atoms with Gasteiger partial charge in [0.15, 0.2) is 0 Å². The molecule has 1 aliphatic heterocycles. The molecule has 0 N–H and O–H groups in total. The molecule has 6 nitrogen and oxygen atoms in total. The van der Waals surface area contributed by atoms with Crippen molar-refractivity contribution in [2.45, 2.75) is 18.4 Å². The number of amides is 2. The van der Waals surface area contributed by atoms with Gasteiger partial charge < -0.3 is 9.80 Å². The van der Waals surface area contributed by atoms with E-state index in [1.807, 2.05) is 14.0 Å². The van der Waals surface area contributed by atoms with Crippen LogP contribution < -0.4 is 0 Å². The molecule has 0 unspecified atom stereocenters. The van der Waals surface area contributed by atoms with Crippen molar-refractivity contribution in [1.29, 1.82) is 0 Å². The maximum Gasteiger partial charge on any atom is 0.334 e. The Kier molecular flexibility index (Phi) is 6.73. The van der Waals surface area contributed by atoms with Gasteiger partial charge in [-0.25, -0.2) is 17.5 Å². The molecule has 2 aromatic rings. The summed E-state index contributed by atoms with van der Waals surface area (Å²) in [5.74, 6) is 0. The molecule has 29 heavy (non-hydrogen) atoms. The van der Waals surface area contributed by atoms with Gasteiger partial charge in [-0.2, -0.15) is 0 Å². The van der Waals surface area contributed by atoms with Gasteiger partial charge in [0, 0.05) is 36.2 Å². The average Bonchev–Trinajstić information content (AvgIpc) is 2.67. The zero-order valence-electron chi connectivity index (χ0n) is 16.3. The summed E-state index contributed by atoms with van der Waals surface area (Å²) in [6.07, 6.45) is 0. The second-order valence-electron chi connectivity index (χ2n) is 7.13. The van der Waals surface area contributed by atoms with Gasteiger partial charge in [-0.1, -0.05) is 47.0 Å². The molecule has 1 aliphatic rings. The maximum absolute atomic E-state index is 13.4. The maximum atomic E-state index is 13.4. The molecule has 1 fully saturated rings. The second-order valence-corrected chi connectivity index (χ2v) is 9.84. The molecule has 3 rings (SSSR count). The number of hydrogen-bond donors (Lipinski definition) is 0. The minimum absolute atomic E-state index is 0.0654. The first kappa shape index (κ1) is 21.9. The number of piperazine rings is 1. The molecule has 1 heterocycles. The number of likely N-dealkylation sites (N-methyl/N-ethyl adjacent to an activating group) is 1. The summed E-state index contributed by atoms with van der Waals surface area (Å²) >= 11 is 12.2. The minimum atomic E-state index is -4.07. The highest BCUT2D eigenvalue weighted by Crippen LogP contribution is 2.26. The number of carbonyl (C=O) groups is 1. The van der Waals surface area contributed by atoms with Crippen molar-refractivity contribution in [3.05, 3.63) is 63.6 Å². The number of aryl methyl sites for hydroxylation is 1. The van der Waals surface area contributed by atoms with Gasteiger partial charge in [-0.3, -0.25) is 0 Å². The van der Waals surface area contributed by atoms with Crippen LogP contribution in [0.5, 0.6) is 0 Å². The van der Waals surface area contributed by atoms with Crippen molar-refractivity contribution in [1.82, 2.24) is 14.1 Å². The van der Waals surface area contributed by atoms with Crippen molar-refractivity contribution in [3.8, 4) is 0 Å². The normalized spacial score (nSPS) is 15.4. The Labute approximate surface area is 181 Å². The number of benzene rings is 2. The van der Waals surface area contributed by atoms with Crippen LogP contribution in [-0.2, 0) is 16.6 Å². The Morgan fingerprint density at radius 3 is 2.24 bits per heavy atom. The molecule has 9 heteroatoms. The minimum Gasteiger partial charge on any atom is -0.321 e. The van der Waals surface area contributed by atoms with Crippen molar-refractivity contribution >= 4 is 39.3 Å². The molecule has 2 amide bonds. The molecular weight excluding hydrogens is 433 g/mol. The van der Waals surface area contributed by atoms with Crippen LogP contribution in [0.15, 0.2) is 47.4 Å². The first-order valence-electron chi connectivity index (χ1n) is 9.19. The smallest absolute Gasteiger partial charge is 0.321 e. The fourth-order valence-corrected chi connectivity index (χ4v) is 4.89. The number of urea groups is 1. The van der Waals surface area contributed by atoms with Crippen LogP contribution in [0.25, 0.3) is 0 Å². The Balaban J connectivity index is 1.98. The fraction of sp³-hybridized carbons (Fsp3) is 0.350. The van der Waals surface area contributed by atoms with E-state index in [0.717, 1.165) is 9.87 Å². The summed E-state index contributed by atoms with van der Waals surface area (Å²) in [5, 5.41) is 0.755. The third kappa shape index (κ3) is 5.04. The van der Waals surface area contributed by atoms with Crippen LogP contribution in [0.3, 0.4) is 0 Å². The van der Waals surface area contributed by atoms with E-state index in [-0.39, 0.29) is 11.4 Å². The summed E-state index contributed by atoms with van der Waals surface area (Å²) in [7, 11) is -2.10. The van der Waals surface area contributed by atoms with Crippen LogP contribution in [0.4, 0.5) is 4.79 Å². The van der Waals surface area contributed by atoms with Crippen LogP contribution in [0.2, 0.25) is 10.0 Å². The molecule has 1 saturated heterocycles. The molecular formula is C20H23Cl2N3O3S. The number of hydrogen-bond acceptors (Lipinski definition) is 4. The Hall–Kier alpha value is -1.80. The second kappa shape index (κ2) is 8.92. The van der Waals surface area contributed by atoms with E-state index in [0.29, 0.717) is 41.8 Å². The van der Waals surface area contributed by atoms with Crippen molar-refractivity contribution in [3.63, 3.8) is 0 Å². The largest absolute Gasteiger partial charge is 0.334 e. The zero-order valence-corrected chi connectivity index (χ0v) is 18.6. The summed E-state index contributed by atoms with van der Waals surface area (Å²) < 4.78 is 27.6. The van der Waals surface area contributed by atoms with Gasteiger partial charge in [0.25, 0.3) is 10.0 Å². The molecule has 0 aromatic heterocycles. The monoisotopic (exact) mass is 455 g/mol. The van der Waals surface area contributed by atoms with E-state index in [1.54, 1.807) is 29.2 Å². The standard InChI is InChI=1S/C20H23Cl2N3O3S/c1-15-3-7-18(8-4-15)29(27,28)25(14-16-5-6-17(21)13-19(16)22)20(26)24-11-9-23(2)10-12-24/h3-8,13H,9-12,14H2,1-2H3. The Morgan fingerprint density at radius 1 is 1.03 bits per heavy atom. The summed E-state index contributed by atoms with van der Waals surface area (Å²) in [5.41, 5.74) is 1.44. The summed E-state index contributed by atoms with van der Waals surface area (Å²) in [6.45, 7) is 4.00. The van der Waals surface area contributed by atoms with E-state index in [1.165, 1.54) is 18.2 Å². The van der Waals surface area contributed by atoms with Gasteiger partial charge in [-0.15, -0.1) is 0 Å². The zero-order chi connectivity index (χ0) is 21.2. The lowest BCUT2D eigenvalue weighted by Crippen LogP contribution is -2.53. The molecule has 156 valence electrons. The highest BCUT2D eigenvalue weighted by molar-refractivity contribution is 7.89. The summed E-state index contributed by atoms with van der Waals surface area (Å²) in [6, 6.07) is 10.7. The highest BCUT2D eigenvalue weighted by atomic mass is 35.5. The van der Waals surface area contributed by atoms with Gasteiger partial charge in [0.2, 0.25) is 0 Å². The Bertz CT molecular complexity index is 989. The quantitative estimate of drug-likeness (QED) is 0.701. The first-order chi connectivity index (χ1) is 13.7. The lowest BCUT2D eigenvalue weighted by Gasteiger charge is -2.35. The molecule has 0 atom stereocenters. The first-order valence-corrected chi connectivity index (χ1v) is 11.4. The SMILES string of the molecule is Cc1ccc(S(=O)(=O)N(Cc2ccc(Cl)cc2Cl)C(=O)N2CCN(C)CC2)cc1. The van der Waals surface area contributed by atoms with Gasteiger partial charge >= 0.3 is 6.03 Å². The predicted molar refractivity (Wildman–Crippen MR) is 115 cm³/mol. The van der Waals surface area contributed by atoms with Crippen LogP contribution in [0, 0.1) is 6.92 Å². The number of rotatable bonds is 4. The predicted octanol–water partition coefficient (Wildman–Crippen LogP) is 3.86. The Morgan fingerprint density at radius 2 is 1.66 bits per heavy atom. The average molecular weight is 456 g/mol. The molecule has 0 bridgehead atoms. The van der Waals surface area contributed by atoms with E-state index in [2.05, 4.69) is 4.90 Å². The fourth-order valence-electron chi connectivity index (χ4n) is 3.05. The highest BCUT2D eigenvalue weighted by Gasteiger charge is 2.34. The topological polar surface area (TPSA) is 60.9 Å². The van der Waals surface area contributed by atoms with Crippen LogP contribution in [-0.4, -0.2) is 61.8 Å². The lowest BCUT2D eigenvalue weighted by molar-refractivity contribution is 0.139. The number of sulfonamides is 1. The van der Waals surface area contributed by atoms with Gasteiger partial charge in [-0.05, 0) is 43.8 Å². The third-order valence-electron chi connectivity index (χ3n) is 4.93. The number of carbonyl (C=O) groups excluding carboxylic acids is 1. The third-order valence-corrected chi connectivity index (χ3v) is 7.25. The van der Waals surface area contributed by atoms with Crippen molar-refractivity contribution in [2.75, 3.05) is 33.2 Å². The molecule has 2 aromatic carbocycles. The number of halogens is 2. The van der Waals surface area contributed by atoms with Crippen molar-refractivity contribution < 1.29 is 13.2 Å². The van der Waals surface area contributed by atoms with Crippen LogP contribution >= 0.6 is 23.2 Å². The van der Waals surface area contributed by atoms with Gasteiger partial charge in [0.1, 0.15) is 0 Å². The molecule has 0 radical (unpaired) electrons. The molecule has 0 saturated carbocycles. The lowest BCUT2D eigenvalue weighted by atomic mass is 10.2. The number of nitrogens with zero attached hydrogens (tertiary/aromatic N) is 3. The molecule has 0 spiro atoms. The van der Waals surface area contributed by atoms with Crippen LogP contribution in [0.1, 0.15) is 11.1 Å². The van der Waals surface area contributed by atoms with E-state index < -0.39 is 16.1 Å². The van der Waals surface area contributed by atoms with Gasteiger partial charge in [0.05, 0.1) is 11.4 Å².